The molecule has 0 spiro atoms. The van der Waals surface area contributed by atoms with Crippen molar-refractivity contribution in [3.05, 3.63) is 28.9 Å². The van der Waals surface area contributed by atoms with Crippen molar-refractivity contribution < 1.29 is 18.3 Å². The Balaban J connectivity index is 2.20. The fourth-order valence-electron chi connectivity index (χ4n) is 1.97. The molecule has 1 aromatic carbocycles. The minimum atomic E-state index is -2.65. The van der Waals surface area contributed by atoms with Gasteiger partial charge in [0, 0.05) is 17.9 Å². The molecule has 6 heteroatoms. The summed E-state index contributed by atoms with van der Waals surface area (Å²) < 4.78 is 36.4. The van der Waals surface area contributed by atoms with E-state index < -0.39 is 6.43 Å². The molecule has 2 heterocycles. The normalized spacial score (nSPS) is 14.7. The number of benzene rings is 1. The van der Waals surface area contributed by atoms with Crippen LogP contribution in [0.15, 0.2) is 18.2 Å². The number of pyridine rings is 1. The van der Waals surface area contributed by atoms with Crippen LogP contribution in [-0.4, -0.2) is 18.2 Å². The lowest BCUT2D eigenvalue weighted by molar-refractivity contribution is 0.146. The quantitative estimate of drug-likeness (QED) is 0.794. The lowest BCUT2D eigenvalue weighted by Crippen LogP contribution is -1.97. The van der Waals surface area contributed by atoms with Crippen LogP contribution >= 0.6 is 11.6 Å². The Bertz CT molecular complexity index is 634. The van der Waals surface area contributed by atoms with Gasteiger partial charge in [0.2, 0.25) is 0 Å². The molecule has 0 unspecified atom stereocenters. The summed E-state index contributed by atoms with van der Waals surface area (Å²) in [6.07, 6.45) is -1.88. The second kappa shape index (κ2) is 4.81. The molecule has 0 N–H and O–H groups in total. The molecule has 100 valence electrons. The monoisotopic (exact) mass is 285 g/mol. The van der Waals surface area contributed by atoms with Gasteiger partial charge in [-0.3, -0.25) is 0 Å². The van der Waals surface area contributed by atoms with Gasteiger partial charge >= 0.3 is 0 Å². The van der Waals surface area contributed by atoms with E-state index in [4.69, 9.17) is 21.1 Å². The van der Waals surface area contributed by atoms with E-state index >= 15 is 0 Å². The minimum Gasteiger partial charge on any atom is -0.490 e. The molecule has 3 nitrogen and oxygen atoms in total. The predicted molar refractivity (Wildman–Crippen MR) is 67.3 cm³/mol. The number of alkyl halides is 2. The number of halogens is 3. The lowest BCUT2D eigenvalue weighted by Gasteiger charge is -2.10. The van der Waals surface area contributed by atoms with Crippen molar-refractivity contribution in [2.75, 3.05) is 13.2 Å². The van der Waals surface area contributed by atoms with Gasteiger partial charge < -0.3 is 9.47 Å². The van der Waals surface area contributed by atoms with E-state index in [0.29, 0.717) is 35.6 Å². The Morgan fingerprint density at radius 3 is 2.47 bits per heavy atom. The van der Waals surface area contributed by atoms with Gasteiger partial charge in [-0.25, -0.2) is 13.8 Å². The standard InChI is InChI=1S/C13H10ClF2NO2/c14-8-5-10(13(15)16)17-9-6-12-11(4-7(8)9)18-2-1-3-19-12/h4-6,13H,1-3H2. The maximum absolute atomic E-state index is 12.7. The van der Waals surface area contributed by atoms with Gasteiger partial charge in [0.1, 0.15) is 5.69 Å². The van der Waals surface area contributed by atoms with E-state index in [-0.39, 0.29) is 10.7 Å². The average molecular weight is 286 g/mol. The molecule has 1 aliphatic heterocycles. The van der Waals surface area contributed by atoms with E-state index in [2.05, 4.69) is 4.98 Å². The summed E-state index contributed by atoms with van der Waals surface area (Å²) in [7, 11) is 0. The molecule has 1 aromatic heterocycles. The van der Waals surface area contributed by atoms with Crippen LogP contribution < -0.4 is 9.47 Å². The van der Waals surface area contributed by atoms with Crippen molar-refractivity contribution in [2.45, 2.75) is 12.8 Å². The summed E-state index contributed by atoms with van der Waals surface area (Å²) in [6.45, 7) is 1.08. The highest BCUT2D eigenvalue weighted by atomic mass is 35.5. The first-order valence-corrected chi connectivity index (χ1v) is 6.21. The Kier molecular flexibility index (Phi) is 3.14. The van der Waals surface area contributed by atoms with Gasteiger partial charge in [-0.05, 0) is 12.1 Å². The first-order chi connectivity index (χ1) is 9.15. The molecule has 1 aliphatic rings. The van der Waals surface area contributed by atoms with Crippen molar-refractivity contribution in [1.29, 1.82) is 0 Å². The van der Waals surface area contributed by atoms with E-state index in [1.807, 2.05) is 0 Å². The second-order valence-corrected chi connectivity index (χ2v) is 4.60. The summed E-state index contributed by atoms with van der Waals surface area (Å²) >= 11 is 6.02. The maximum Gasteiger partial charge on any atom is 0.280 e. The molecular weight excluding hydrogens is 276 g/mol. The van der Waals surface area contributed by atoms with Crippen LogP contribution in [0.25, 0.3) is 10.9 Å². The van der Waals surface area contributed by atoms with Crippen molar-refractivity contribution in [2.24, 2.45) is 0 Å². The smallest absolute Gasteiger partial charge is 0.280 e. The Hall–Kier alpha value is -1.62. The molecule has 0 bridgehead atoms. The maximum atomic E-state index is 12.7. The molecule has 0 saturated carbocycles. The summed E-state index contributed by atoms with van der Waals surface area (Å²) in [5.74, 6) is 1.08. The zero-order valence-corrected chi connectivity index (χ0v) is 10.6. The van der Waals surface area contributed by atoms with Crippen molar-refractivity contribution >= 4 is 22.5 Å². The third-order valence-electron chi connectivity index (χ3n) is 2.87. The van der Waals surface area contributed by atoms with E-state index in [1.165, 1.54) is 6.07 Å². The number of hydrogen-bond acceptors (Lipinski definition) is 3. The highest BCUT2D eigenvalue weighted by molar-refractivity contribution is 6.35. The van der Waals surface area contributed by atoms with Crippen LogP contribution in [-0.2, 0) is 0 Å². The zero-order chi connectivity index (χ0) is 13.4. The molecule has 19 heavy (non-hydrogen) atoms. The van der Waals surface area contributed by atoms with Gasteiger partial charge in [-0.1, -0.05) is 11.6 Å². The number of hydrogen-bond donors (Lipinski definition) is 0. The molecule has 0 aliphatic carbocycles. The highest BCUT2D eigenvalue weighted by Crippen LogP contribution is 2.37. The van der Waals surface area contributed by atoms with Gasteiger partial charge in [0.25, 0.3) is 6.43 Å². The fourth-order valence-corrected chi connectivity index (χ4v) is 2.24. The van der Waals surface area contributed by atoms with Crippen molar-refractivity contribution in [3.8, 4) is 11.5 Å². The molecule has 0 saturated heterocycles. The van der Waals surface area contributed by atoms with Crippen LogP contribution in [0.4, 0.5) is 8.78 Å². The fraction of sp³-hybridized carbons (Fsp3) is 0.308. The summed E-state index contributed by atoms with van der Waals surface area (Å²) in [5.41, 5.74) is 0.0408. The number of nitrogens with zero attached hydrogens (tertiary/aromatic N) is 1. The van der Waals surface area contributed by atoms with Crippen LogP contribution in [0.2, 0.25) is 5.02 Å². The van der Waals surface area contributed by atoms with Crippen LogP contribution in [0.1, 0.15) is 18.5 Å². The second-order valence-electron chi connectivity index (χ2n) is 4.20. The van der Waals surface area contributed by atoms with E-state index in [1.54, 1.807) is 12.1 Å². The first-order valence-electron chi connectivity index (χ1n) is 5.83. The molecule has 3 rings (SSSR count). The summed E-state index contributed by atoms with van der Waals surface area (Å²) in [5, 5.41) is 0.811. The van der Waals surface area contributed by atoms with Crippen LogP contribution in [0, 0.1) is 0 Å². The number of fused-ring (bicyclic) bond motifs is 2. The Morgan fingerprint density at radius 1 is 1.11 bits per heavy atom. The largest absolute Gasteiger partial charge is 0.490 e. The topological polar surface area (TPSA) is 31.4 Å². The molecule has 0 atom stereocenters. The number of aromatic nitrogens is 1. The van der Waals surface area contributed by atoms with Gasteiger partial charge in [-0.2, -0.15) is 0 Å². The molecule has 0 amide bonds. The lowest BCUT2D eigenvalue weighted by atomic mass is 10.1. The predicted octanol–water partition coefficient (Wildman–Crippen LogP) is 3.99. The zero-order valence-electron chi connectivity index (χ0n) is 9.83. The van der Waals surface area contributed by atoms with Crippen molar-refractivity contribution in [3.63, 3.8) is 0 Å². The first kappa shape index (κ1) is 12.4. The molecule has 0 radical (unpaired) electrons. The number of ether oxygens (including phenoxy) is 2. The summed E-state index contributed by atoms with van der Waals surface area (Å²) in [6, 6.07) is 4.45. The average Bonchev–Trinajstić information content (AvgIpc) is 2.61. The Morgan fingerprint density at radius 2 is 1.79 bits per heavy atom. The molecule has 2 aromatic rings. The number of rotatable bonds is 1. The van der Waals surface area contributed by atoms with Crippen LogP contribution in [0.5, 0.6) is 11.5 Å². The summed E-state index contributed by atoms with van der Waals surface area (Å²) in [4.78, 5) is 3.90. The molecule has 0 fully saturated rings. The van der Waals surface area contributed by atoms with Crippen LogP contribution in [0.3, 0.4) is 0 Å². The SMILES string of the molecule is FC(F)c1cc(Cl)c2cc3c(cc2n1)OCCCO3. The highest BCUT2D eigenvalue weighted by Gasteiger charge is 2.17. The third-order valence-corrected chi connectivity index (χ3v) is 3.18. The van der Waals surface area contributed by atoms with Crippen molar-refractivity contribution in [1.82, 2.24) is 4.98 Å². The van der Waals surface area contributed by atoms with Gasteiger partial charge in [0.05, 0.1) is 23.8 Å². The Labute approximate surface area is 113 Å². The van der Waals surface area contributed by atoms with E-state index in [9.17, 15) is 8.78 Å². The van der Waals surface area contributed by atoms with E-state index in [0.717, 1.165) is 6.42 Å². The third kappa shape index (κ3) is 2.30. The molecular formula is C13H10ClF2NO2. The van der Waals surface area contributed by atoms with Gasteiger partial charge in [0.15, 0.2) is 11.5 Å². The van der Waals surface area contributed by atoms with Gasteiger partial charge in [-0.15, -0.1) is 0 Å². The minimum absolute atomic E-state index is 0.232.